The van der Waals surface area contributed by atoms with Crippen molar-refractivity contribution in [2.75, 3.05) is 0 Å². The van der Waals surface area contributed by atoms with Gasteiger partial charge in [-0.1, -0.05) is 67.3 Å². The molecule has 0 bridgehead atoms. The van der Waals surface area contributed by atoms with Crippen molar-refractivity contribution in [3.63, 3.8) is 0 Å². The molecular formula is C17H10Br2N2O3. The van der Waals surface area contributed by atoms with Crippen LogP contribution in [0.1, 0.15) is 16.1 Å². The predicted molar refractivity (Wildman–Crippen MR) is 98.0 cm³/mol. The predicted octanol–water partition coefficient (Wildman–Crippen LogP) is 5.32. The maximum absolute atomic E-state index is 11.4. The number of rotatable bonds is 4. The van der Waals surface area contributed by atoms with Gasteiger partial charge in [-0.25, -0.2) is 9.79 Å². The number of nitrogens with zero attached hydrogens (tertiary/aromatic N) is 2. The largest absolute Gasteiger partial charge is 0.476 e. The van der Waals surface area contributed by atoms with Gasteiger partial charge in [-0.05, 0) is 29.3 Å². The molecular weight excluding hydrogens is 440 g/mol. The van der Waals surface area contributed by atoms with E-state index in [1.165, 1.54) is 0 Å². The first kappa shape index (κ1) is 16.6. The highest BCUT2D eigenvalue weighted by atomic mass is 79.9. The minimum Gasteiger partial charge on any atom is -0.476 e. The first-order valence-corrected chi connectivity index (χ1v) is 8.42. The summed E-state index contributed by atoms with van der Waals surface area (Å²) < 4.78 is 6.93. The van der Waals surface area contributed by atoms with Crippen LogP contribution in [0, 0.1) is 0 Å². The zero-order valence-electron chi connectivity index (χ0n) is 12.1. The number of halogens is 2. The Morgan fingerprint density at radius 3 is 2.42 bits per heavy atom. The maximum Gasteiger partial charge on any atom is 0.358 e. The third-order valence-corrected chi connectivity index (χ3v) is 4.07. The minimum atomic E-state index is -1.16. The zero-order chi connectivity index (χ0) is 17.1. The molecule has 3 rings (SSSR count). The molecule has 0 aliphatic rings. The number of carboxylic acids is 1. The fraction of sp³-hybridized carbons (Fsp3) is 0. The first-order chi connectivity index (χ1) is 11.5. The summed E-state index contributed by atoms with van der Waals surface area (Å²) in [4.78, 5) is 15.7. The highest BCUT2D eigenvalue weighted by molar-refractivity contribution is 9.11. The fourth-order valence-corrected chi connectivity index (χ4v) is 3.49. The van der Waals surface area contributed by atoms with Gasteiger partial charge in [0.05, 0.1) is 5.56 Å². The maximum atomic E-state index is 11.4. The molecule has 0 saturated carbocycles. The summed E-state index contributed by atoms with van der Waals surface area (Å²) in [5, 5.41) is 12.9. The highest BCUT2D eigenvalue weighted by Crippen LogP contribution is 2.33. The number of carbonyl (C=O) groups is 1. The van der Waals surface area contributed by atoms with Crippen molar-refractivity contribution in [3.8, 4) is 11.1 Å². The van der Waals surface area contributed by atoms with Gasteiger partial charge in [0.2, 0.25) is 5.69 Å². The molecule has 120 valence electrons. The first-order valence-electron chi connectivity index (χ1n) is 6.83. The molecule has 1 N–H and O–H groups in total. The molecule has 5 nitrogen and oxygen atoms in total. The topological polar surface area (TPSA) is 75.7 Å². The van der Waals surface area contributed by atoms with E-state index >= 15 is 0 Å². The molecule has 2 aromatic carbocycles. The van der Waals surface area contributed by atoms with Gasteiger partial charge in [0.15, 0.2) is 0 Å². The highest BCUT2D eigenvalue weighted by Gasteiger charge is 2.22. The van der Waals surface area contributed by atoms with E-state index in [1.54, 1.807) is 18.3 Å². The lowest BCUT2D eigenvalue weighted by atomic mass is 10.1. The van der Waals surface area contributed by atoms with E-state index in [-0.39, 0.29) is 11.6 Å². The van der Waals surface area contributed by atoms with Crippen LogP contribution in [0.3, 0.4) is 0 Å². The standard InChI is InChI=1S/C17H10Br2N2O3/c18-12-6-10(7-13(19)8-12)9-20-16-14(11-4-2-1-3-5-11)15(17(22)23)21-24-16/h1-9H,(H,22,23). The van der Waals surface area contributed by atoms with Crippen LogP contribution in [0.4, 0.5) is 5.88 Å². The molecule has 0 aliphatic heterocycles. The van der Waals surface area contributed by atoms with Gasteiger partial charge in [0.25, 0.3) is 5.88 Å². The van der Waals surface area contributed by atoms with Gasteiger partial charge in [-0.15, -0.1) is 0 Å². The third kappa shape index (κ3) is 3.63. The van der Waals surface area contributed by atoms with Crippen LogP contribution in [-0.2, 0) is 0 Å². The summed E-state index contributed by atoms with van der Waals surface area (Å²) in [6.45, 7) is 0. The van der Waals surface area contributed by atoms with Crippen molar-refractivity contribution in [1.29, 1.82) is 0 Å². The molecule has 1 aromatic heterocycles. The van der Waals surface area contributed by atoms with Crippen LogP contribution in [0.25, 0.3) is 11.1 Å². The Morgan fingerprint density at radius 2 is 1.79 bits per heavy atom. The number of carboxylic acid groups (broad SMARTS) is 1. The number of aromatic carboxylic acids is 1. The number of hydrogen-bond donors (Lipinski definition) is 1. The smallest absolute Gasteiger partial charge is 0.358 e. The molecule has 24 heavy (non-hydrogen) atoms. The monoisotopic (exact) mass is 448 g/mol. The van der Waals surface area contributed by atoms with Gasteiger partial charge in [0, 0.05) is 15.2 Å². The summed E-state index contributed by atoms with van der Waals surface area (Å²) in [5.74, 6) is -1.01. The zero-order valence-corrected chi connectivity index (χ0v) is 15.3. The van der Waals surface area contributed by atoms with Gasteiger partial charge >= 0.3 is 5.97 Å². The van der Waals surface area contributed by atoms with Gasteiger partial charge in [-0.2, -0.15) is 0 Å². The number of benzene rings is 2. The van der Waals surface area contributed by atoms with Crippen molar-refractivity contribution >= 4 is 49.9 Å². The molecule has 0 saturated heterocycles. The molecule has 0 fully saturated rings. The third-order valence-electron chi connectivity index (χ3n) is 3.15. The van der Waals surface area contributed by atoms with Crippen LogP contribution < -0.4 is 0 Å². The number of aliphatic imine (C=N–C) groups is 1. The van der Waals surface area contributed by atoms with E-state index < -0.39 is 5.97 Å². The van der Waals surface area contributed by atoms with Crippen LogP contribution in [0.2, 0.25) is 0 Å². The lowest BCUT2D eigenvalue weighted by Gasteiger charge is -2.00. The summed E-state index contributed by atoms with van der Waals surface area (Å²) in [5.41, 5.74) is 1.69. The molecule has 0 radical (unpaired) electrons. The average Bonchev–Trinajstić information content (AvgIpc) is 2.97. The molecule has 0 spiro atoms. The molecule has 1 heterocycles. The SMILES string of the molecule is O=C(O)c1noc(N=Cc2cc(Br)cc(Br)c2)c1-c1ccccc1. The van der Waals surface area contributed by atoms with Crippen LogP contribution in [0.5, 0.6) is 0 Å². The number of aromatic nitrogens is 1. The second-order valence-corrected chi connectivity index (χ2v) is 6.67. The summed E-state index contributed by atoms with van der Waals surface area (Å²) >= 11 is 6.82. The Hall–Kier alpha value is -2.25. The second-order valence-electron chi connectivity index (χ2n) is 4.84. The van der Waals surface area contributed by atoms with E-state index in [0.717, 1.165) is 14.5 Å². The lowest BCUT2D eigenvalue weighted by molar-refractivity contribution is 0.0686. The minimum absolute atomic E-state index is 0.148. The Bertz CT molecular complexity index is 901. The van der Waals surface area contributed by atoms with E-state index in [2.05, 4.69) is 42.0 Å². The fourth-order valence-electron chi connectivity index (χ4n) is 2.16. The molecule has 0 aliphatic carbocycles. The van der Waals surface area contributed by atoms with E-state index in [4.69, 9.17) is 4.52 Å². The molecule has 0 unspecified atom stereocenters. The van der Waals surface area contributed by atoms with Crippen LogP contribution >= 0.6 is 31.9 Å². The average molecular weight is 450 g/mol. The van der Waals surface area contributed by atoms with Gasteiger partial charge in [-0.3, -0.25) is 0 Å². The van der Waals surface area contributed by atoms with E-state index in [9.17, 15) is 9.90 Å². The van der Waals surface area contributed by atoms with Crippen LogP contribution in [-0.4, -0.2) is 22.4 Å². The van der Waals surface area contributed by atoms with E-state index in [0.29, 0.717) is 11.1 Å². The van der Waals surface area contributed by atoms with Crippen molar-refractivity contribution in [2.24, 2.45) is 4.99 Å². The second kappa shape index (κ2) is 7.11. The van der Waals surface area contributed by atoms with Gasteiger partial charge < -0.3 is 9.63 Å². The Labute approximate surface area is 154 Å². The molecule has 0 amide bonds. The molecule has 0 atom stereocenters. The quantitative estimate of drug-likeness (QED) is 0.547. The Morgan fingerprint density at radius 1 is 1.12 bits per heavy atom. The van der Waals surface area contributed by atoms with E-state index in [1.807, 2.05) is 36.4 Å². The van der Waals surface area contributed by atoms with Crippen LogP contribution in [0.15, 0.2) is 67.0 Å². The molecule has 3 aromatic rings. The van der Waals surface area contributed by atoms with Crippen molar-refractivity contribution < 1.29 is 14.4 Å². The van der Waals surface area contributed by atoms with Crippen molar-refractivity contribution in [3.05, 3.63) is 68.7 Å². The lowest BCUT2D eigenvalue weighted by Crippen LogP contribution is -1.98. The molecule has 7 heteroatoms. The summed E-state index contributed by atoms with van der Waals surface area (Å²) in [6, 6.07) is 14.7. The van der Waals surface area contributed by atoms with Crippen molar-refractivity contribution in [1.82, 2.24) is 5.16 Å². The Kier molecular flexibility index (Phi) is 4.92. The summed E-state index contributed by atoms with van der Waals surface area (Å²) in [7, 11) is 0. The Balaban J connectivity index is 2.05. The normalized spacial score (nSPS) is 11.1. The van der Waals surface area contributed by atoms with Crippen molar-refractivity contribution in [2.45, 2.75) is 0 Å². The van der Waals surface area contributed by atoms with Gasteiger partial charge in [0.1, 0.15) is 0 Å². The summed E-state index contributed by atoms with van der Waals surface area (Å²) in [6.07, 6.45) is 1.59. The number of hydrogen-bond acceptors (Lipinski definition) is 4.